The average Bonchev–Trinajstić information content (AvgIpc) is 2.94. The Kier molecular flexibility index (Phi) is 5.76. The van der Waals surface area contributed by atoms with Crippen LogP contribution in [0.15, 0.2) is 28.7 Å². The Morgan fingerprint density at radius 2 is 1.81 bits per heavy atom. The lowest BCUT2D eigenvalue weighted by Crippen LogP contribution is -2.42. The number of carbonyl (C=O) groups is 2. The number of hydrogen-bond donors (Lipinski definition) is 2. The van der Waals surface area contributed by atoms with E-state index in [1.807, 2.05) is 12.1 Å². The summed E-state index contributed by atoms with van der Waals surface area (Å²) in [5, 5.41) is 11.8. The van der Waals surface area contributed by atoms with E-state index >= 15 is 0 Å². The highest BCUT2D eigenvalue weighted by molar-refractivity contribution is 9.10. The van der Waals surface area contributed by atoms with Gasteiger partial charge in [0.25, 0.3) is 0 Å². The second-order valence-electron chi connectivity index (χ2n) is 5.29. The number of anilines is 1. The second-order valence-corrected chi connectivity index (χ2v) is 6.21. The summed E-state index contributed by atoms with van der Waals surface area (Å²) < 4.78 is 0.943. The van der Waals surface area contributed by atoms with Gasteiger partial charge < -0.3 is 10.4 Å². The van der Waals surface area contributed by atoms with Gasteiger partial charge in [-0.1, -0.05) is 28.8 Å². The summed E-state index contributed by atoms with van der Waals surface area (Å²) in [6.45, 7) is 0.0332. The molecule has 21 heavy (non-hydrogen) atoms. The van der Waals surface area contributed by atoms with Gasteiger partial charge in [0.1, 0.15) is 0 Å². The van der Waals surface area contributed by atoms with E-state index < -0.39 is 5.97 Å². The summed E-state index contributed by atoms with van der Waals surface area (Å²) >= 11 is 3.34. The molecule has 0 radical (unpaired) electrons. The molecule has 0 heterocycles. The number of carboxylic acids is 1. The van der Waals surface area contributed by atoms with Crippen LogP contribution in [0.4, 0.5) is 5.69 Å². The fourth-order valence-corrected chi connectivity index (χ4v) is 2.94. The molecule has 0 unspecified atom stereocenters. The molecule has 0 saturated heterocycles. The molecular formula is C15H19BrN2O3. The van der Waals surface area contributed by atoms with Gasteiger partial charge in [0.05, 0.1) is 13.1 Å². The predicted octanol–water partition coefficient (Wildman–Crippen LogP) is 2.72. The predicted molar refractivity (Wildman–Crippen MR) is 84.2 cm³/mol. The molecule has 1 fully saturated rings. The van der Waals surface area contributed by atoms with Crippen molar-refractivity contribution in [3.05, 3.63) is 28.7 Å². The van der Waals surface area contributed by atoms with Crippen molar-refractivity contribution in [2.45, 2.75) is 31.7 Å². The number of carbonyl (C=O) groups excluding carboxylic acids is 1. The molecule has 6 heteroatoms. The molecule has 1 saturated carbocycles. The van der Waals surface area contributed by atoms with E-state index in [1.165, 1.54) is 0 Å². The van der Waals surface area contributed by atoms with Crippen LogP contribution in [0.25, 0.3) is 0 Å². The molecule has 1 aliphatic rings. The maximum Gasteiger partial charge on any atom is 0.317 e. The summed E-state index contributed by atoms with van der Waals surface area (Å²) in [4.78, 5) is 24.8. The molecule has 5 nitrogen and oxygen atoms in total. The smallest absolute Gasteiger partial charge is 0.317 e. The lowest BCUT2D eigenvalue weighted by atomic mass is 10.2. The normalized spacial score (nSPS) is 15.3. The Hall–Kier alpha value is -1.40. The molecule has 0 aliphatic heterocycles. The summed E-state index contributed by atoms with van der Waals surface area (Å²) in [5.41, 5.74) is 0.713. The van der Waals surface area contributed by atoms with Crippen molar-refractivity contribution in [1.29, 1.82) is 0 Å². The van der Waals surface area contributed by atoms with Crippen LogP contribution in [0.1, 0.15) is 25.7 Å². The summed E-state index contributed by atoms with van der Waals surface area (Å²) in [7, 11) is 0. The standard InChI is InChI=1S/C15H19BrN2O3/c16-11-5-7-12(8-6-11)17-14(19)9-18(10-15(20)21)13-3-1-2-4-13/h5-8,13H,1-4,9-10H2,(H,17,19)(H,20,21). The quantitative estimate of drug-likeness (QED) is 0.823. The third-order valence-corrected chi connectivity index (χ3v) is 4.18. The van der Waals surface area contributed by atoms with Crippen LogP contribution in [-0.2, 0) is 9.59 Å². The maximum atomic E-state index is 12.1. The molecule has 1 aromatic rings. The third kappa shape index (κ3) is 5.13. The van der Waals surface area contributed by atoms with Gasteiger partial charge in [-0.05, 0) is 37.1 Å². The Morgan fingerprint density at radius 3 is 2.38 bits per heavy atom. The number of benzene rings is 1. The first-order valence-electron chi connectivity index (χ1n) is 7.06. The van der Waals surface area contributed by atoms with Crippen LogP contribution in [0.5, 0.6) is 0 Å². The van der Waals surface area contributed by atoms with Crippen LogP contribution in [0.3, 0.4) is 0 Å². The number of carboxylic acid groups (broad SMARTS) is 1. The topological polar surface area (TPSA) is 69.6 Å². The Morgan fingerprint density at radius 1 is 1.19 bits per heavy atom. The molecule has 1 aliphatic carbocycles. The number of nitrogens with one attached hydrogen (secondary N) is 1. The van der Waals surface area contributed by atoms with Crippen LogP contribution < -0.4 is 5.32 Å². The molecule has 0 bridgehead atoms. The molecule has 2 N–H and O–H groups in total. The first-order valence-corrected chi connectivity index (χ1v) is 7.85. The minimum Gasteiger partial charge on any atom is -0.480 e. The molecular weight excluding hydrogens is 336 g/mol. The maximum absolute atomic E-state index is 12.1. The van der Waals surface area contributed by atoms with E-state index in [4.69, 9.17) is 5.11 Å². The zero-order chi connectivity index (χ0) is 15.2. The Bertz CT molecular complexity index is 498. The first kappa shape index (κ1) is 16.0. The second kappa shape index (κ2) is 7.56. The third-order valence-electron chi connectivity index (χ3n) is 3.65. The summed E-state index contributed by atoms with van der Waals surface area (Å²) in [5.74, 6) is -1.07. The first-order chi connectivity index (χ1) is 10.0. The molecule has 1 amide bonds. The van der Waals surface area contributed by atoms with Gasteiger partial charge >= 0.3 is 5.97 Å². The number of nitrogens with zero attached hydrogens (tertiary/aromatic N) is 1. The number of aliphatic carboxylic acids is 1. The lowest BCUT2D eigenvalue weighted by molar-refractivity contribution is -0.139. The Labute approximate surface area is 132 Å². The highest BCUT2D eigenvalue weighted by atomic mass is 79.9. The summed E-state index contributed by atoms with van der Waals surface area (Å²) in [6.07, 6.45) is 4.15. The fourth-order valence-electron chi connectivity index (χ4n) is 2.68. The van der Waals surface area contributed by atoms with Gasteiger partial charge in [-0.25, -0.2) is 0 Å². The van der Waals surface area contributed by atoms with Crippen LogP contribution in [0.2, 0.25) is 0 Å². The van der Waals surface area contributed by atoms with E-state index in [0.29, 0.717) is 5.69 Å². The van der Waals surface area contributed by atoms with Crippen LogP contribution in [-0.4, -0.2) is 41.0 Å². The molecule has 2 rings (SSSR count). The van der Waals surface area contributed by atoms with Crippen molar-refractivity contribution < 1.29 is 14.7 Å². The number of halogens is 1. The SMILES string of the molecule is O=C(O)CN(CC(=O)Nc1ccc(Br)cc1)C1CCCC1. The van der Waals surface area contributed by atoms with Crippen molar-refractivity contribution in [1.82, 2.24) is 4.90 Å². The lowest BCUT2D eigenvalue weighted by Gasteiger charge is -2.26. The van der Waals surface area contributed by atoms with Crippen molar-refractivity contribution in [2.75, 3.05) is 18.4 Å². The number of hydrogen-bond acceptors (Lipinski definition) is 3. The Balaban J connectivity index is 1.93. The van der Waals surface area contributed by atoms with Gasteiger partial charge in [-0.2, -0.15) is 0 Å². The van der Waals surface area contributed by atoms with Crippen LogP contribution >= 0.6 is 15.9 Å². The van der Waals surface area contributed by atoms with Gasteiger partial charge in [-0.15, -0.1) is 0 Å². The number of rotatable bonds is 6. The van der Waals surface area contributed by atoms with Crippen molar-refractivity contribution in [3.8, 4) is 0 Å². The van der Waals surface area contributed by atoms with E-state index in [1.54, 1.807) is 17.0 Å². The highest BCUT2D eigenvalue weighted by Gasteiger charge is 2.25. The van der Waals surface area contributed by atoms with Gasteiger partial charge in [0.15, 0.2) is 0 Å². The molecule has 1 aromatic carbocycles. The molecule has 114 valence electrons. The van der Waals surface area contributed by atoms with E-state index in [9.17, 15) is 9.59 Å². The van der Waals surface area contributed by atoms with E-state index in [0.717, 1.165) is 30.2 Å². The van der Waals surface area contributed by atoms with Crippen LogP contribution in [0, 0.1) is 0 Å². The highest BCUT2D eigenvalue weighted by Crippen LogP contribution is 2.23. The van der Waals surface area contributed by atoms with Gasteiger partial charge in [0.2, 0.25) is 5.91 Å². The summed E-state index contributed by atoms with van der Waals surface area (Å²) in [6, 6.07) is 7.51. The van der Waals surface area contributed by atoms with E-state index in [2.05, 4.69) is 21.2 Å². The molecule has 0 atom stereocenters. The van der Waals surface area contributed by atoms with Gasteiger partial charge in [-0.3, -0.25) is 14.5 Å². The van der Waals surface area contributed by atoms with Crippen molar-refractivity contribution in [2.24, 2.45) is 0 Å². The van der Waals surface area contributed by atoms with Crippen molar-refractivity contribution in [3.63, 3.8) is 0 Å². The molecule has 0 spiro atoms. The number of amides is 1. The van der Waals surface area contributed by atoms with Gasteiger partial charge in [0, 0.05) is 16.2 Å². The minimum atomic E-state index is -0.890. The zero-order valence-electron chi connectivity index (χ0n) is 11.7. The minimum absolute atomic E-state index is 0.0849. The fraction of sp³-hybridized carbons (Fsp3) is 0.467. The molecule has 0 aromatic heterocycles. The van der Waals surface area contributed by atoms with E-state index in [-0.39, 0.29) is 25.0 Å². The van der Waals surface area contributed by atoms with Crippen molar-refractivity contribution >= 4 is 33.5 Å². The average molecular weight is 355 g/mol. The largest absolute Gasteiger partial charge is 0.480 e. The monoisotopic (exact) mass is 354 g/mol. The zero-order valence-corrected chi connectivity index (χ0v) is 13.3.